The molecule has 0 aromatic heterocycles. The predicted octanol–water partition coefficient (Wildman–Crippen LogP) is -0.826. The Labute approximate surface area is 87.5 Å². The van der Waals surface area contributed by atoms with Crippen molar-refractivity contribution in [1.29, 1.82) is 5.26 Å². The number of piperazine rings is 1. The minimum Gasteiger partial charge on any atom is -0.480 e. The molecule has 2 N–H and O–H groups in total. The molecule has 0 aromatic carbocycles. The van der Waals surface area contributed by atoms with E-state index in [1.165, 1.54) is 4.90 Å². The summed E-state index contributed by atoms with van der Waals surface area (Å²) >= 11 is 0. The van der Waals surface area contributed by atoms with Gasteiger partial charge in [-0.25, -0.2) is 0 Å². The summed E-state index contributed by atoms with van der Waals surface area (Å²) in [6.45, 7) is 1.83. The zero-order valence-electron chi connectivity index (χ0n) is 8.43. The Morgan fingerprint density at radius 1 is 1.87 bits per heavy atom. The number of carboxylic acids is 1. The summed E-state index contributed by atoms with van der Waals surface area (Å²) in [5.41, 5.74) is 0. The highest BCUT2D eigenvalue weighted by atomic mass is 16.4. The molecular formula is C9H13N3O3. The number of nitriles is 1. The van der Waals surface area contributed by atoms with Gasteiger partial charge in [-0.15, -0.1) is 0 Å². The zero-order chi connectivity index (χ0) is 11.4. The summed E-state index contributed by atoms with van der Waals surface area (Å²) in [4.78, 5) is 23.5. The molecular weight excluding hydrogens is 198 g/mol. The van der Waals surface area contributed by atoms with Crippen LogP contribution in [0.15, 0.2) is 0 Å². The van der Waals surface area contributed by atoms with Gasteiger partial charge in [-0.3, -0.25) is 14.5 Å². The largest absolute Gasteiger partial charge is 0.480 e. The first-order valence-corrected chi connectivity index (χ1v) is 4.75. The molecule has 0 spiro atoms. The smallest absolute Gasteiger partial charge is 0.322 e. The maximum atomic E-state index is 11.1. The Kier molecular flexibility index (Phi) is 3.63. The highest BCUT2D eigenvalue weighted by Gasteiger charge is 2.35. The van der Waals surface area contributed by atoms with Gasteiger partial charge in [0.25, 0.3) is 0 Å². The van der Waals surface area contributed by atoms with Crippen molar-refractivity contribution < 1.29 is 14.7 Å². The van der Waals surface area contributed by atoms with Crippen LogP contribution in [0.1, 0.15) is 13.3 Å². The Morgan fingerprint density at radius 2 is 2.53 bits per heavy atom. The minimum atomic E-state index is -1.01. The fourth-order valence-electron chi connectivity index (χ4n) is 1.62. The van der Waals surface area contributed by atoms with Gasteiger partial charge in [0.2, 0.25) is 5.91 Å². The first-order valence-electron chi connectivity index (χ1n) is 4.75. The van der Waals surface area contributed by atoms with Crippen molar-refractivity contribution in [3.8, 4) is 6.07 Å². The lowest BCUT2D eigenvalue weighted by Crippen LogP contribution is -2.60. The normalized spacial score (nSPS) is 24.0. The van der Waals surface area contributed by atoms with E-state index in [2.05, 4.69) is 5.32 Å². The lowest BCUT2D eigenvalue weighted by Gasteiger charge is -2.35. The first kappa shape index (κ1) is 11.5. The van der Waals surface area contributed by atoms with Gasteiger partial charge in [-0.2, -0.15) is 5.26 Å². The van der Waals surface area contributed by atoms with E-state index in [1.807, 2.05) is 6.07 Å². The van der Waals surface area contributed by atoms with E-state index in [0.717, 1.165) is 0 Å². The van der Waals surface area contributed by atoms with E-state index in [1.54, 1.807) is 6.92 Å². The van der Waals surface area contributed by atoms with Crippen LogP contribution in [0.3, 0.4) is 0 Å². The van der Waals surface area contributed by atoms with Crippen LogP contribution in [0.5, 0.6) is 0 Å². The van der Waals surface area contributed by atoms with Gasteiger partial charge in [0.05, 0.1) is 18.7 Å². The van der Waals surface area contributed by atoms with Crippen molar-refractivity contribution in [3.05, 3.63) is 0 Å². The molecule has 0 aromatic rings. The molecule has 6 nitrogen and oxygen atoms in total. The van der Waals surface area contributed by atoms with Crippen LogP contribution in [-0.4, -0.2) is 47.1 Å². The van der Waals surface area contributed by atoms with Crippen molar-refractivity contribution in [2.75, 3.05) is 13.1 Å². The molecule has 0 radical (unpaired) electrons. The number of nitrogens with one attached hydrogen (secondary N) is 1. The van der Waals surface area contributed by atoms with Crippen LogP contribution in [0.4, 0.5) is 0 Å². The van der Waals surface area contributed by atoms with Gasteiger partial charge in [-0.05, 0) is 6.42 Å². The number of nitrogens with zero attached hydrogens (tertiary/aromatic N) is 2. The van der Waals surface area contributed by atoms with E-state index in [-0.39, 0.29) is 19.0 Å². The van der Waals surface area contributed by atoms with Crippen LogP contribution < -0.4 is 5.32 Å². The summed E-state index contributed by atoms with van der Waals surface area (Å²) < 4.78 is 0. The Hall–Kier alpha value is -1.61. The van der Waals surface area contributed by atoms with Crippen molar-refractivity contribution >= 4 is 11.9 Å². The molecule has 6 heteroatoms. The molecule has 82 valence electrons. The summed E-state index contributed by atoms with van der Waals surface area (Å²) in [5.74, 6) is -1.25. The number of amides is 1. The van der Waals surface area contributed by atoms with Crippen LogP contribution in [0.2, 0.25) is 0 Å². The minimum absolute atomic E-state index is 0.0248. The van der Waals surface area contributed by atoms with Crippen molar-refractivity contribution in [3.63, 3.8) is 0 Å². The summed E-state index contributed by atoms with van der Waals surface area (Å²) in [6.07, 6.45) is 0.507. The molecule has 2 unspecified atom stereocenters. The molecule has 15 heavy (non-hydrogen) atoms. The lowest BCUT2D eigenvalue weighted by atomic mass is 10.1. The molecule has 1 heterocycles. The quantitative estimate of drug-likeness (QED) is 0.635. The lowest BCUT2D eigenvalue weighted by molar-refractivity contribution is -0.146. The molecule has 1 aliphatic rings. The van der Waals surface area contributed by atoms with Crippen LogP contribution >= 0.6 is 0 Å². The van der Waals surface area contributed by atoms with Gasteiger partial charge >= 0.3 is 5.97 Å². The Morgan fingerprint density at radius 3 is 3.00 bits per heavy atom. The van der Waals surface area contributed by atoms with E-state index in [4.69, 9.17) is 10.4 Å². The first-order chi connectivity index (χ1) is 7.10. The standard InChI is InChI=1S/C9H13N3O3/c1-2-6(3-10)12-5-8(13)11-4-7(12)9(14)15/h6-7H,2,4-5H2,1H3,(H,11,13)(H,14,15). The highest BCUT2D eigenvalue weighted by Crippen LogP contribution is 2.11. The third kappa shape index (κ3) is 2.44. The van der Waals surface area contributed by atoms with Crippen molar-refractivity contribution in [2.45, 2.75) is 25.4 Å². The van der Waals surface area contributed by atoms with Gasteiger partial charge < -0.3 is 10.4 Å². The Bertz CT molecular complexity index is 310. The van der Waals surface area contributed by atoms with E-state index in [9.17, 15) is 9.59 Å². The molecule has 1 saturated heterocycles. The second-order valence-electron chi connectivity index (χ2n) is 3.38. The molecule has 1 fully saturated rings. The monoisotopic (exact) mass is 211 g/mol. The third-order valence-corrected chi connectivity index (χ3v) is 2.44. The molecule has 1 aliphatic heterocycles. The third-order valence-electron chi connectivity index (χ3n) is 2.44. The van der Waals surface area contributed by atoms with E-state index >= 15 is 0 Å². The fourth-order valence-corrected chi connectivity index (χ4v) is 1.62. The Balaban J connectivity index is 2.83. The van der Waals surface area contributed by atoms with Gasteiger partial charge in [-0.1, -0.05) is 6.92 Å². The summed E-state index contributed by atoms with van der Waals surface area (Å²) in [7, 11) is 0. The van der Waals surface area contributed by atoms with Crippen LogP contribution in [0, 0.1) is 11.3 Å². The molecule has 0 aliphatic carbocycles. The summed E-state index contributed by atoms with van der Waals surface area (Å²) in [5, 5.41) is 20.3. The number of hydrogen-bond donors (Lipinski definition) is 2. The number of hydrogen-bond acceptors (Lipinski definition) is 4. The fraction of sp³-hybridized carbons (Fsp3) is 0.667. The van der Waals surface area contributed by atoms with Crippen LogP contribution in [-0.2, 0) is 9.59 Å². The van der Waals surface area contributed by atoms with E-state index in [0.29, 0.717) is 6.42 Å². The van der Waals surface area contributed by atoms with Crippen molar-refractivity contribution in [2.24, 2.45) is 0 Å². The number of carbonyl (C=O) groups is 2. The molecule has 0 bridgehead atoms. The van der Waals surface area contributed by atoms with Crippen molar-refractivity contribution in [1.82, 2.24) is 10.2 Å². The van der Waals surface area contributed by atoms with Gasteiger partial charge in [0.15, 0.2) is 0 Å². The topological polar surface area (TPSA) is 93.4 Å². The predicted molar refractivity (Wildman–Crippen MR) is 50.8 cm³/mol. The van der Waals surface area contributed by atoms with E-state index < -0.39 is 18.1 Å². The molecule has 0 saturated carbocycles. The molecule has 2 atom stereocenters. The molecule has 1 rings (SSSR count). The maximum Gasteiger partial charge on any atom is 0.322 e. The van der Waals surface area contributed by atoms with Crippen LogP contribution in [0.25, 0.3) is 0 Å². The second kappa shape index (κ2) is 4.75. The second-order valence-corrected chi connectivity index (χ2v) is 3.38. The van der Waals surface area contributed by atoms with Gasteiger partial charge in [0, 0.05) is 6.54 Å². The zero-order valence-corrected chi connectivity index (χ0v) is 8.43. The van der Waals surface area contributed by atoms with Gasteiger partial charge in [0.1, 0.15) is 6.04 Å². The molecule has 1 amide bonds. The average Bonchev–Trinajstić information content (AvgIpc) is 2.19. The average molecular weight is 211 g/mol. The number of aliphatic carboxylic acids is 1. The number of carboxylic acid groups (broad SMARTS) is 1. The number of rotatable bonds is 3. The number of carbonyl (C=O) groups excluding carboxylic acids is 1. The highest BCUT2D eigenvalue weighted by molar-refractivity contribution is 5.83. The SMILES string of the molecule is CCC(C#N)N1CC(=O)NCC1C(=O)O. The maximum absolute atomic E-state index is 11.1. The summed E-state index contributed by atoms with van der Waals surface area (Å²) in [6, 6.07) is 0.694.